The summed E-state index contributed by atoms with van der Waals surface area (Å²) in [5.41, 5.74) is 0.848. The average Bonchev–Trinajstić information content (AvgIpc) is 2.61. The molecule has 0 saturated carbocycles. The Labute approximate surface area is 149 Å². The van der Waals surface area contributed by atoms with Gasteiger partial charge in [-0.1, -0.05) is 29.8 Å². The van der Waals surface area contributed by atoms with E-state index in [1.165, 1.54) is 12.3 Å². The van der Waals surface area contributed by atoms with Gasteiger partial charge in [-0.3, -0.25) is 4.79 Å². The SMILES string of the molecule is O=C(Cc1ccccc1F)Nc1ccc(Oc2ccc(Cl)cc2)nc1. The van der Waals surface area contributed by atoms with E-state index >= 15 is 0 Å². The molecule has 3 rings (SSSR count). The topological polar surface area (TPSA) is 51.2 Å². The third kappa shape index (κ3) is 4.78. The fourth-order valence-electron chi connectivity index (χ4n) is 2.16. The Morgan fingerprint density at radius 3 is 2.52 bits per heavy atom. The highest BCUT2D eigenvalue weighted by Gasteiger charge is 2.08. The number of hydrogen-bond donors (Lipinski definition) is 1. The van der Waals surface area contributed by atoms with Crippen molar-refractivity contribution in [3.05, 3.63) is 83.3 Å². The van der Waals surface area contributed by atoms with Crippen molar-refractivity contribution >= 4 is 23.2 Å². The van der Waals surface area contributed by atoms with E-state index in [0.29, 0.717) is 27.9 Å². The summed E-state index contributed by atoms with van der Waals surface area (Å²) >= 11 is 5.82. The monoisotopic (exact) mass is 356 g/mol. The Hall–Kier alpha value is -2.92. The summed E-state index contributed by atoms with van der Waals surface area (Å²) in [4.78, 5) is 16.1. The molecule has 0 saturated heterocycles. The van der Waals surface area contributed by atoms with Crippen molar-refractivity contribution in [1.29, 1.82) is 0 Å². The summed E-state index contributed by atoms with van der Waals surface area (Å²) in [5, 5.41) is 3.29. The van der Waals surface area contributed by atoms with Crippen molar-refractivity contribution in [1.82, 2.24) is 4.98 Å². The first-order valence-corrected chi connectivity index (χ1v) is 7.91. The van der Waals surface area contributed by atoms with Crippen molar-refractivity contribution in [3.63, 3.8) is 0 Å². The Kier molecular flexibility index (Phi) is 5.26. The third-order valence-corrected chi connectivity index (χ3v) is 3.62. The zero-order chi connectivity index (χ0) is 17.6. The summed E-state index contributed by atoms with van der Waals surface area (Å²) in [6, 6.07) is 16.4. The lowest BCUT2D eigenvalue weighted by atomic mass is 10.1. The fraction of sp³-hybridized carbons (Fsp3) is 0.0526. The number of ether oxygens (including phenoxy) is 1. The molecule has 4 nitrogen and oxygen atoms in total. The smallest absolute Gasteiger partial charge is 0.228 e. The zero-order valence-corrected chi connectivity index (χ0v) is 13.8. The Bertz CT molecular complexity index is 867. The number of anilines is 1. The van der Waals surface area contributed by atoms with Crippen LogP contribution in [0.2, 0.25) is 5.02 Å². The first kappa shape index (κ1) is 16.9. The van der Waals surface area contributed by atoms with E-state index in [1.807, 2.05) is 0 Å². The van der Waals surface area contributed by atoms with Crippen molar-refractivity contribution in [2.75, 3.05) is 5.32 Å². The quantitative estimate of drug-likeness (QED) is 0.711. The van der Waals surface area contributed by atoms with Crippen molar-refractivity contribution in [3.8, 4) is 11.6 Å². The number of carbonyl (C=O) groups is 1. The molecule has 2 aromatic carbocycles. The van der Waals surface area contributed by atoms with Crippen LogP contribution in [0.15, 0.2) is 66.9 Å². The minimum absolute atomic E-state index is 0.0459. The second-order valence-electron chi connectivity index (χ2n) is 5.26. The van der Waals surface area contributed by atoms with Gasteiger partial charge in [-0.05, 0) is 42.0 Å². The lowest BCUT2D eigenvalue weighted by Gasteiger charge is -2.08. The van der Waals surface area contributed by atoms with Crippen molar-refractivity contribution < 1.29 is 13.9 Å². The molecule has 1 amide bonds. The Morgan fingerprint density at radius 2 is 1.84 bits per heavy atom. The number of aromatic nitrogens is 1. The van der Waals surface area contributed by atoms with Gasteiger partial charge >= 0.3 is 0 Å². The van der Waals surface area contributed by atoms with E-state index in [0.717, 1.165) is 0 Å². The maximum atomic E-state index is 13.6. The maximum absolute atomic E-state index is 13.6. The molecule has 0 aliphatic heterocycles. The number of rotatable bonds is 5. The van der Waals surface area contributed by atoms with Crippen LogP contribution in [-0.4, -0.2) is 10.9 Å². The summed E-state index contributed by atoms with van der Waals surface area (Å²) in [7, 11) is 0. The van der Waals surface area contributed by atoms with Gasteiger partial charge in [-0.15, -0.1) is 0 Å². The van der Waals surface area contributed by atoms with Crippen LogP contribution in [0.3, 0.4) is 0 Å². The Morgan fingerprint density at radius 1 is 1.08 bits per heavy atom. The van der Waals surface area contributed by atoms with Crippen LogP contribution >= 0.6 is 11.6 Å². The summed E-state index contributed by atoms with van der Waals surface area (Å²) < 4.78 is 19.1. The van der Waals surface area contributed by atoms with Gasteiger partial charge < -0.3 is 10.1 Å². The lowest BCUT2D eigenvalue weighted by Crippen LogP contribution is -2.15. The minimum Gasteiger partial charge on any atom is -0.439 e. The van der Waals surface area contributed by atoms with Crippen LogP contribution in [0.4, 0.5) is 10.1 Å². The number of halogens is 2. The molecule has 0 fully saturated rings. The maximum Gasteiger partial charge on any atom is 0.228 e. The van der Waals surface area contributed by atoms with Crippen LogP contribution < -0.4 is 10.1 Å². The first-order chi connectivity index (χ1) is 12.1. The van der Waals surface area contributed by atoms with E-state index in [2.05, 4.69) is 10.3 Å². The van der Waals surface area contributed by atoms with Crippen LogP contribution in [0, 0.1) is 5.82 Å². The van der Waals surface area contributed by atoms with E-state index < -0.39 is 5.82 Å². The van der Waals surface area contributed by atoms with Crippen LogP contribution in [-0.2, 0) is 11.2 Å². The first-order valence-electron chi connectivity index (χ1n) is 7.53. The standard InChI is InChI=1S/C19H14ClFN2O2/c20-14-5-8-16(9-6-14)25-19-10-7-15(12-22-19)23-18(24)11-13-3-1-2-4-17(13)21/h1-10,12H,11H2,(H,23,24). The Balaban J connectivity index is 1.59. The number of nitrogens with zero attached hydrogens (tertiary/aromatic N) is 1. The van der Waals surface area contributed by atoms with Crippen LogP contribution in [0.25, 0.3) is 0 Å². The predicted octanol–water partition coefficient (Wildman–Crippen LogP) is 4.85. The largest absolute Gasteiger partial charge is 0.439 e. The van der Waals surface area contributed by atoms with E-state index in [-0.39, 0.29) is 12.3 Å². The number of benzene rings is 2. The normalized spacial score (nSPS) is 10.3. The molecule has 0 radical (unpaired) electrons. The highest BCUT2D eigenvalue weighted by molar-refractivity contribution is 6.30. The molecule has 0 aliphatic carbocycles. The van der Waals surface area contributed by atoms with Gasteiger partial charge in [-0.2, -0.15) is 0 Å². The average molecular weight is 357 g/mol. The molecule has 0 aliphatic rings. The molecule has 1 heterocycles. The molecular formula is C19H14ClFN2O2. The second-order valence-corrected chi connectivity index (χ2v) is 5.69. The van der Waals surface area contributed by atoms with Gasteiger partial charge in [0.25, 0.3) is 0 Å². The van der Waals surface area contributed by atoms with Gasteiger partial charge in [0.15, 0.2) is 0 Å². The van der Waals surface area contributed by atoms with E-state index in [9.17, 15) is 9.18 Å². The van der Waals surface area contributed by atoms with Crippen LogP contribution in [0.5, 0.6) is 11.6 Å². The fourth-order valence-corrected chi connectivity index (χ4v) is 2.28. The molecule has 1 aromatic heterocycles. The second kappa shape index (κ2) is 7.77. The van der Waals surface area contributed by atoms with Gasteiger partial charge in [0.2, 0.25) is 11.8 Å². The molecule has 1 N–H and O–H groups in total. The molecule has 0 unspecified atom stereocenters. The number of pyridine rings is 1. The summed E-state index contributed by atoms with van der Waals surface area (Å²) in [6.07, 6.45) is 1.43. The predicted molar refractivity (Wildman–Crippen MR) is 94.5 cm³/mol. The summed E-state index contributed by atoms with van der Waals surface area (Å²) in [5.74, 6) is 0.267. The zero-order valence-electron chi connectivity index (χ0n) is 13.1. The van der Waals surface area contributed by atoms with Crippen molar-refractivity contribution in [2.24, 2.45) is 0 Å². The highest BCUT2D eigenvalue weighted by Crippen LogP contribution is 2.22. The molecule has 6 heteroatoms. The molecule has 0 atom stereocenters. The molecule has 0 bridgehead atoms. The van der Waals surface area contributed by atoms with E-state index in [1.54, 1.807) is 54.6 Å². The van der Waals surface area contributed by atoms with Crippen LogP contribution in [0.1, 0.15) is 5.56 Å². The number of nitrogens with one attached hydrogen (secondary N) is 1. The minimum atomic E-state index is -0.400. The van der Waals surface area contributed by atoms with Gasteiger partial charge in [0, 0.05) is 11.1 Å². The molecule has 3 aromatic rings. The number of amides is 1. The number of carbonyl (C=O) groups excluding carboxylic acids is 1. The highest BCUT2D eigenvalue weighted by atomic mass is 35.5. The molecular weight excluding hydrogens is 343 g/mol. The van der Waals surface area contributed by atoms with Gasteiger partial charge in [0.1, 0.15) is 11.6 Å². The molecule has 0 spiro atoms. The van der Waals surface area contributed by atoms with Gasteiger partial charge in [-0.25, -0.2) is 9.37 Å². The van der Waals surface area contributed by atoms with Gasteiger partial charge in [0.05, 0.1) is 18.3 Å². The van der Waals surface area contributed by atoms with Crippen molar-refractivity contribution in [2.45, 2.75) is 6.42 Å². The molecule has 25 heavy (non-hydrogen) atoms. The number of hydrogen-bond acceptors (Lipinski definition) is 3. The lowest BCUT2D eigenvalue weighted by molar-refractivity contribution is -0.115. The molecule has 126 valence electrons. The summed E-state index contributed by atoms with van der Waals surface area (Å²) in [6.45, 7) is 0. The van der Waals surface area contributed by atoms with E-state index in [4.69, 9.17) is 16.3 Å². The third-order valence-electron chi connectivity index (χ3n) is 3.37.